The summed E-state index contributed by atoms with van der Waals surface area (Å²) < 4.78 is 21.1. The minimum atomic E-state index is -0.745. The number of H-pyrrole nitrogens is 1. The maximum atomic E-state index is 12.2. The molecule has 2 heterocycles. The van der Waals surface area contributed by atoms with Crippen LogP contribution in [0, 0.1) is 0 Å². The van der Waals surface area contributed by atoms with E-state index in [-0.39, 0.29) is 57.4 Å². The Bertz CT molecular complexity index is 1270. The summed E-state index contributed by atoms with van der Waals surface area (Å²) in [4.78, 5) is 41.5. The van der Waals surface area contributed by atoms with Crippen molar-refractivity contribution in [2.24, 2.45) is 5.73 Å². The van der Waals surface area contributed by atoms with Gasteiger partial charge >= 0.3 is 5.97 Å². The second-order valence-electron chi connectivity index (χ2n) is 12.6. The molecule has 0 aliphatic carbocycles. The summed E-state index contributed by atoms with van der Waals surface area (Å²) in [7, 11) is 3.02. The highest BCUT2D eigenvalue weighted by molar-refractivity contribution is 5.93. The van der Waals surface area contributed by atoms with Crippen molar-refractivity contribution in [1.29, 1.82) is 0 Å². The van der Waals surface area contributed by atoms with E-state index in [1.165, 1.54) is 39.6 Å². The van der Waals surface area contributed by atoms with Gasteiger partial charge in [-0.15, -0.1) is 0 Å². The van der Waals surface area contributed by atoms with Crippen LogP contribution in [-0.4, -0.2) is 175 Å². The topological polar surface area (TPSA) is 297 Å². The number of nitrogens with two attached hydrogens (primary N) is 1. The largest absolute Gasteiger partial charge is 0.481 e. The van der Waals surface area contributed by atoms with Crippen LogP contribution in [0.25, 0.3) is 5.78 Å². The number of hydrogen-bond acceptors (Lipinski definition) is 16. The highest BCUT2D eigenvalue weighted by Crippen LogP contribution is 2.00. The first-order chi connectivity index (χ1) is 26.5. The number of carboxylic acids is 1. The first kappa shape index (κ1) is 51.9. The fraction of sp³-hybridized carbons (Fsp3) is 0.800. The zero-order chi connectivity index (χ0) is 41.1. The van der Waals surface area contributed by atoms with Crippen LogP contribution >= 0.6 is 0 Å². The highest BCUT2D eigenvalue weighted by Gasteiger charge is 2.14. The van der Waals surface area contributed by atoms with E-state index in [0.29, 0.717) is 19.6 Å². The summed E-state index contributed by atoms with van der Waals surface area (Å²) in [5.41, 5.74) is 4.90. The second kappa shape index (κ2) is 35.3. The van der Waals surface area contributed by atoms with Crippen molar-refractivity contribution >= 4 is 17.7 Å². The van der Waals surface area contributed by atoms with Crippen LogP contribution < -0.4 is 27.2 Å². The lowest BCUT2D eigenvalue weighted by atomic mass is 10.2. The van der Waals surface area contributed by atoms with E-state index in [9.17, 15) is 34.8 Å². The predicted octanol–water partition coefficient (Wildman–Crippen LogP) is -1.36. The molecule has 11 N–H and O–H groups in total. The smallest absolute Gasteiger partial charge is 0.303 e. The predicted molar refractivity (Wildman–Crippen MR) is 205 cm³/mol. The number of unbranched alkanes of at least 4 members (excludes halogenated alkanes) is 6. The summed E-state index contributed by atoms with van der Waals surface area (Å²) in [5.74, 6) is -0.977. The van der Waals surface area contributed by atoms with Gasteiger partial charge in [0, 0.05) is 46.5 Å². The van der Waals surface area contributed by atoms with Gasteiger partial charge in [-0.2, -0.15) is 4.52 Å². The molecule has 0 bridgehead atoms. The van der Waals surface area contributed by atoms with Gasteiger partial charge in [0.2, 0.25) is 0 Å². The van der Waals surface area contributed by atoms with E-state index in [2.05, 4.69) is 31.0 Å². The Hall–Kier alpha value is -3.15. The molecule has 0 radical (unpaired) electrons. The summed E-state index contributed by atoms with van der Waals surface area (Å²) in [6.45, 7) is 6.57. The summed E-state index contributed by atoms with van der Waals surface area (Å²) in [6, 6.07) is 0. The quantitative estimate of drug-likeness (QED) is 0.0395. The number of rotatable bonds is 31. The van der Waals surface area contributed by atoms with Crippen LogP contribution in [0.5, 0.6) is 0 Å². The molecule has 0 saturated heterocycles. The molecule has 20 nitrogen and oxygen atoms in total. The number of hydrogen-bond donors (Lipinski definition) is 10. The standard InChI is InChI=1S/C19H32N6O6.C13H30N2O4.C3H6O2/c1-30-10-15(27)12-31-11-14(26)8-20-6-4-2-3-5-7-21-17(28)16-9-22-19-23-13-24-25(19)18(16)29;1-18-9-13(17)11-19-10-12(16)8-15-7-5-3-2-4-6-14;1-2-3(4)5/h9,13-15,20,26-27H,2-8,10-12H2,1H3,(H,21,28)(H,22,23,24);12-13,15-17H,2-11,14H2,1H3;2H2,1H3,(H,4,5). The van der Waals surface area contributed by atoms with Gasteiger partial charge in [0.25, 0.3) is 17.2 Å². The van der Waals surface area contributed by atoms with Crippen LogP contribution in [0.2, 0.25) is 0 Å². The van der Waals surface area contributed by atoms with E-state index in [4.69, 9.17) is 29.8 Å². The second-order valence-corrected chi connectivity index (χ2v) is 12.6. The molecule has 2 rings (SSSR count). The van der Waals surface area contributed by atoms with E-state index in [1.807, 2.05) is 0 Å². The van der Waals surface area contributed by atoms with Crippen LogP contribution in [0.3, 0.4) is 0 Å². The highest BCUT2D eigenvalue weighted by atomic mass is 16.5. The van der Waals surface area contributed by atoms with Crippen molar-refractivity contribution in [3.63, 3.8) is 0 Å². The number of aliphatic carboxylic acids is 1. The molecule has 2 aromatic rings. The van der Waals surface area contributed by atoms with Gasteiger partial charge in [-0.05, 0) is 45.3 Å². The van der Waals surface area contributed by atoms with E-state index >= 15 is 0 Å². The van der Waals surface area contributed by atoms with E-state index in [0.717, 1.165) is 62.7 Å². The van der Waals surface area contributed by atoms with Crippen LogP contribution in [-0.2, 0) is 23.7 Å². The molecule has 0 aliphatic heterocycles. The number of carbonyl (C=O) groups is 2. The third kappa shape index (κ3) is 28.9. The van der Waals surface area contributed by atoms with Crippen molar-refractivity contribution < 1.29 is 54.1 Å². The molecule has 55 heavy (non-hydrogen) atoms. The first-order valence-corrected chi connectivity index (χ1v) is 18.9. The molecule has 0 aliphatic rings. The Morgan fingerprint density at radius 2 is 1.24 bits per heavy atom. The molecular weight excluding hydrogens is 724 g/mol. The van der Waals surface area contributed by atoms with Gasteiger partial charge in [0.05, 0.1) is 51.8 Å². The molecule has 4 atom stereocenters. The lowest BCUT2D eigenvalue weighted by Crippen LogP contribution is -2.32. The number of aliphatic hydroxyl groups is 4. The number of aromatic nitrogens is 4. The number of aromatic amines is 1. The fourth-order valence-corrected chi connectivity index (χ4v) is 4.54. The number of ether oxygens (including phenoxy) is 4. The van der Waals surface area contributed by atoms with E-state index in [1.54, 1.807) is 6.92 Å². The Morgan fingerprint density at radius 3 is 1.71 bits per heavy atom. The van der Waals surface area contributed by atoms with Crippen molar-refractivity contribution in [2.75, 3.05) is 93.1 Å². The van der Waals surface area contributed by atoms with E-state index < -0.39 is 41.9 Å². The number of carbonyl (C=O) groups excluding carboxylic acids is 1. The molecule has 320 valence electrons. The van der Waals surface area contributed by atoms with Gasteiger partial charge in [-0.3, -0.25) is 19.5 Å². The maximum Gasteiger partial charge on any atom is 0.303 e. The summed E-state index contributed by atoms with van der Waals surface area (Å²) >= 11 is 0. The Morgan fingerprint density at radius 1 is 0.764 bits per heavy atom. The van der Waals surface area contributed by atoms with Gasteiger partial charge in [-0.25, -0.2) is 9.97 Å². The van der Waals surface area contributed by atoms with Gasteiger partial charge in [-0.1, -0.05) is 32.6 Å². The van der Waals surface area contributed by atoms with Crippen LogP contribution in [0.15, 0.2) is 17.3 Å². The molecule has 2 aromatic heterocycles. The van der Waals surface area contributed by atoms with Gasteiger partial charge in [0.15, 0.2) is 0 Å². The van der Waals surface area contributed by atoms with Crippen LogP contribution in [0.1, 0.15) is 75.1 Å². The number of nitrogens with zero attached hydrogens (tertiary/aromatic N) is 3. The number of aliphatic hydroxyl groups excluding tert-OH is 4. The van der Waals surface area contributed by atoms with Crippen molar-refractivity contribution in [3.8, 4) is 0 Å². The van der Waals surface area contributed by atoms with Gasteiger partial charge < -0.3 is 66.2 Å². The minimum absolute atomic E-state index is 0.0262. The third-order valence-electron chi connectivity index (χ3n) is 7.45. The summed E-state index contributed by atoms with van der Waals surface area (Å²) in [5, 5.41) is 57.6. The molecule has 0 spiro atoms. The SMILES string of the molecule is CCC(=O)O.COCC(O)COCC(O)CNCCCCCCN.COCC(O)COCC(O)CNCCCCCCNC(=O)c1cnc2nc[nH]n2c1=O. The Kier molecular flexibility index (Phi) is 33.3. The molecule has 0 fully saturated rings. The molecule has 0 saturated carbocycles. The number of amides is 1. The molecule has 1 amide bonds. The Balaban J connectivity index is 0.00000103. The number of nitrogens with one attached hydrogen (secondary N) is 4. The van der Waals surface area contributed by atoms with Gasteiger partial charge in [0.1, 0.15) is 24.1 Å². The number of fused-ring (bicyclic) bond motifs is 1. The summed E-state index contributed by atoms with van der Waals surface area (Å²) in [6.07, 6.45) is 8.46. The normalized spacial score (nSPS) is 13.2. The average Bonchev–Trinajstić information content (AvgIpc) is 3.65. The fourth-order valence-electron chi connectivity index (χ4n) is 4.54. The molecule has 20 heteroatoms. The first-order valence-electron chi connectivity index (χ1n) is 18.9. The lowest BCUT2D eigenvalue weighted by Gasteiger charge is -2.14. The average molecular weight is 793 g/mol. The van der Waals surface area contributed by atoms with Crippen LogP contribution in [0.4, 0.5) is 0 Å². The number of methoxy groups -OCH3 is 2. The van der Waals surface area contributed by atoms with Crippen molar-refractivity contribution in [2.45, 2.75) is 89.1 Å². The molecular formula is C35H68N8O12. The lowest BCUT2D eigenvalue weighted by molar-refractivity contribution is -0.136. The monoisotopic (exact) mass is 792 g/mol. The minimum Gasteiger partial charge on any atom is -0.481 e. The van der Waals surface area contributed by atoms with Crippen molar-refractivity contribution in [1.82, 2.24) is 35.5 Å². The van der Waals surface area contributed by atoms with Crippen molar-refractivity contribution in [3.05, 3.63) is 28.4 Å². The number of carboxylic acid groups (broad SMARTS) is 1. The zero-order valence-corrected chi connectivity index (χ0v) is 32.8. The molecule has 0 aromatic carbocycles. The maximum absolute atomic E-state index is 12.2. The molecule has 4 unspecified atom stereocenters. The third-order valence-corrected chi connectivity index (χ3v) is 7.45. The Labute approximate surface area is 323 Å². The zero-order valence-electron chi connectivity index (χ0n) is 32.8.